The van der Waals surface area contributed by atoms with Gasteiger partial charge in [0.2, 0.25) is 0 Å². The van der Waals surface area contributed by atoms with Crippen molar-refractivity contribution in [3.05, 3.63) is 29.8 Å². The lowest BCUT2D eigenvalue weighted by molar-refractivity contribution is 0.0697. The van der Waals surface area contributed by atoms with Crippen LogP contribution < -0.4 is 0 Å². The summed E-state index contributed by atoms with van der Waals surface area (Å²) in [6.07, 6.45) is 0. The lowest BCUT2D eigenvalue weighted by atomic mass is 10.2. The van der Waals surface area contributed by atoms with Gasteiger partial charge in [0.25, 0.3) is 0 Å². The van der Waals surface area contributed by atoms with E-state index in [0.29, 0.717) is 19.6 Å². The van der Waals surface area contributed by atoms with Gasteiger partial charge in [-0.3, -0.25) is 4.90 Å². The highest BCUT2D eigenvalue weighted by Gasteiger charge is 2.00. The SMILES string of the molecule is O=C(O)c1ccc(O)cc1.OCCN(CCO)CCO. The third-order valence-electron chi connectivity index (χ3n) is 2.36. The summed E-state index contributed by atoms with van der Waals surface area (Å²) in [5.41, 5.74) is 0.179. The molecule has 0 fully saturated rings. The van der Waals surface area contributed by atoms with Gasteiger partial charge in [-0.25, -0.2) is 4.79 Å². The first-order chi connectivity index (χ1) is 9.54. The number of aliphatic hydroxyl groups is 3. The second-order valence-corrected chi connectivity index (χ2v) is 3.86. The standard InChI is InChI=1S/C7H6O3.C6H15NO3/c8-6-3-1-5(2-4-6)7(9)10;8-4-1-7(2-5-9)3-6-10/h1-4,8H,(H,9,10);8-10H,1-6H2. The van der Waals surface area contributed by atoms with Crippen molar-refractivity contribution in [3.8, 4) is 5.75 Å². The van der Waals surface area contributed by atoms with Gasteiger partial charge in [-0.2, -0.15) is 0 Å². The zero-order chi connectivity index (χ0) is 15.4. The lowest BCUT2D eigenvalue weighted by Gasteiger charge is -2.17. The number of rotatable bonds is 7. The zero-order valence-corrected chi connectivity index (χ0v) is 11.1. The molecule has 0 bridgehead atoms. The average molecular weight is 287 g/mol. The first-order valence-corrected chi connectivity index (χ1v) is 6.12. The molecule has 7 nitrogen and oxygen atoms in total. The maximum absolute atomic E-state index is 10.2. The molecule has 20 heavy (non-hydrogen) atoms. The summed E-state index contributed by atoms with van der Waals surface area (Å²) in [5.74, 6) is -0.912. The van der Waals surface area contributed by atoms with Crippen LogP contribution in [0.15, 0.2) is 24.3 Å². The molecule has 0 aliphatic rings. The van der Waals surface area contributed by atoms with E-state index >= 15 is 0 Å². The van der Waals surface area contributed by atoms with Gasteiger partial charge >= 0.3 is 5.97 Å². The molecule has 0 saturated heterocycles. The van der Waals surface area contributed by atoms with Crippen LogP contribution in [0.4, 0.5) is 0 Å². The molecule has 0 radical (unpaired) electrons. The Balaban J connectivity index is 0.000000361. The molecule has 0 atom stereocenters. The Bertz CT molecular complexity index is 353. The van der Waals surface area contributed by atoms with Crippen molar-refractivity contribution in [2.24, 2.45) is 0 Å². The molecule has 7 heteroatoms. The van der Waals surface area contributed by atoms with Crippen LogP contribution in [0.25, 0.3) is 0 Å². The van der Waals surface area contributed by atoms with E-state index in [2.05, 4.69) is 0 Å². The number of hydrogen-bond donors (Lipinski definition) is 5. The molecular weight excluding hydrogens is 266 g/mol. The lowest BCUT2D eigenvalue weighted by Crippen LogP contribution is -2.32. The summed E-state index contributed by atoms with van der Waals surface area (Å²) in [6.45, 7) is 1.75. The van der Waals surface area contributed by atoms with E-state index in [4.69, 9.17) is 25.5 Å². The second-order valence-electron chi connectivity index (χ2n) is 3.86. The Labute approximate surface area is 117 Å². The van der Waals surface area contributed by atoms with Crippen molar-refractivity contribution < 1.29 is 30.3 Å². The number of aliphatic hydroxyl groups excluding tert-OH is 3. The maximum atomic E-state index is 10.2. The molecule has 0 heterocycles. The normalized spacial score (nSPS) is 10.0. The Morgan fingerprint density at radius 3 is 1.60 bits per heavy atom. The van der Waals surface area contributed by atoms with Gasteiger partial charge < -0.3 is 25.5 Å². The second kappa shape index (κ2) is 11.2. The van der Waals surface area contributed by atoms with Gasteiger partial charge in [-0.1, -0.05) is 0 Å². The molecule has 1 aromatic carbocycles. The molecule has 0 aliphatic carbocycles. The van der Waals surface area contributed by atoms with E-state index < -0.39 is 5.97 Å². The number of phenols is 1. The number of carboxylic acid groups (broad SMARTS) is 1. The smallest absolute Gasteiger partial charge is 0.335 e. The van der Waals surface area contributed by atoms with Crippen LogP contribution in [0, 0.1) is 0 Å². The fraction of sp³-hybridized carbons (Fsp3) is 0.462. The van der Waals surface area contributed by atoms with E-state index in [1.807, 2.05) is 0 Å². The summed E-state index contributed by atoms with van der Waals surface area (Å²) in [6, 6.07) is 5.36. The maximum Gasteiger partial charge on any atom is 0.335 e. The fourth-order valence-electron chi connectivity index (χ4n) is 1.36. The highest BCUT2D eigenvalue weighted by atomic mass is 16.4. The predicted molar refractivity (Wildman–Crippen MR) is 72.8 cm³/mol. The molecule has 0 amide bonds. The molecular formula is C13H21NO6. The van der Waals surface area contributed by atoms with Crippen LogP contribution in [0.2, 0.25) is 0 Å². The molecule has 114 valence electrons. The molecule has 0 saturated carbocycles. The highest BCUT2D eigenvalue weighted by molar-refractivity contribution is 5.87. The zero-order valence-electron chi connectivity index (χ0n) is 11.1. The van der Waals surface area contributed by atoms with E-state index in [1.54, 1.807) is 4.90 Å². The number of nitrogens with zero attached hydrogens (tertiary/aromatic N) is 1. The largest absolute Gasteiger partial charge is 0.508 e. The van der Waals surface area contributed by atoms with Crippen molar-refractivity contribution in [1.82, 2.24) is 4.90 Å². The van der Waals surface area contributed by atoms with Gasteiger partial charge in [-0.05, 0) is 24.3 Å². The van der Waals surface area contributed by atoms with Crippen molar-refractivity contribution in [2.45, 2.75) is 0 Å². The molecule has 0 unspecified atom stereocenters. The third kappa shape index (κ3) is 8.44. The summed E-state index contributed by atoms with van der Waals surface area (Å²) in [7, 11) is 0. The van der Waals surface area contributed by atoms with Crippen molar-refractivity contribution >= 4 is 5.97 Å². The predicted octanol–water partition coefficient (Wildman–Crippen LogP) is -0.644. The van der Waals surface area contributed by atoms with Crippen LogP contribution in [0.5, 0.6) is 5.75 Å². The van der Waals surface area contributed by atoms with Crippen LogP contribution in [0.1, 0.15) is 10.4 Å². The van der Waals surface area contributed by atoms with Crippen molar-refractivity contribution in [3.63, 3.8) is 0 Å². The fourth-order valence-corrected chi connectivity index (χ4v) is 1.36. The summed E-state index contributed by atoms with van der Waals surface area (Å²) in [4.78, 5) is 12.0. The minimum Gasteiger partial charge on any atom is -0.508 e. The molecule has 1 rings (SSSR count). The third-order valence-corrected chi connectivity index (χ3v) is 2.36. The summed E-state index contributed by atoms with van der Waals surface area (Å²) in [5, 5.41) is 42.6. The number of carboxylic acids is 1. The molecule has 5 N–H and O–H groups in total. The van der Waals surface area contributed by atoms with Gasteiger partial charge in [0, 0.05) is 19.6 Å². The topological polar surface area (TPSA) is 121 Å². The Morgan fingerprint density at radius 2 is 1.30 bits per heavy atom. The molecule has 0 aliphatic heterocycles. The average Bonchev–Trinajstić information content (AvgIpc) is 2.41. The number of aromatic hydroxyl groups is 1. The summed E-state index contributed by atoms with van der Waals surface area (Å²) < 4.78 is 0. The van der Waals surface area contributed by atoms with E-state index in [0.717, 1.165) is 0 Å². The number of aromatic carboxylic acids is 1. The van der Waals surface area contributed by atoms with Crippen LogP contribution in [-0.2, 0) is 0 Å². The molecule has 1 aromatic rings. The summed E-state index contributed by atoms with van der Waals surface area (Å²) >= 11 is 0. The number of carbonyl (C=O) groups is 1. The first-order valence-electron chi connectivity index (χ1n) is 6.12. The molecule has 0 spiro atoms. The van der Waals surface area contributed by atoms with Gasteiger partial charge in [0.15, 0.2) is 0 Å². The van der Waals surface area contributed by atoms with E-state index in [1.165, 1.54) is 24.3 Å². The van der Waals surface area contributed by atoms with Gasteiger partial charge in [0.1, 0.15) is 5.75 Å². The Kier molecular flexibility index (Phi) is 10.2. The quantitative estimate of drug-likeness (QED) is 0.452. The highest BCUT2D eigenvalue weighted by Crippen LogP contribution is 2.08. The first kappa shape index (κ1) is 18.3. The minimum atomic E-state index is -0.986. The van der Waals surface area contributed by atoms with Gasteiger partial charge in [0.05, 0.1) is 25.4 Å². The monoisotopic (exact) mass is 287 g/mol. The Morgan fingerprint density at radius 1 is 0.900 bits per heavy atom. The van der Waals surface area contributed by atoms with Crippen LogP contribution in [0.3, 0.4) is 0 Å². The van der Waals surface area contributed by atoms with Crippen molar-refractivity contribution in [1.29, 1.82) is 0 Å². The van der Waals surface area contributed by atoms with Crippen LogP contribution in [-0.4, -0.2) is 75.9 Å². The van der Waals surface area contributed by atoms with Crippen LogP contribution >= 0.6 is 0 Å². The number of benzene rings is 1. The number of hydrogen-bond acceptors (Lipinski definition) is 6. The minimum absolute atomic E-state index is 0.0694. The van der Waals surface area contributed by atoms with E-state index in [9.17, 15) is 4.79 Å². The van der Waals surface area contributed by atoms with Crippen molar-refractivity contribution in [2.75, 3.05) is 39.5 Å². The van der Waals surface area contributed by atoms with Gasteiger partial charge in [-0.15, -0.1) is 0 Å². The van der Waals surface area contributed by atoms with E-state index in [-0.39, 0.29) is 31.1 Å². The number of phenolic OH excluding ortho intramolecular Hbond substituents is 1. The molecule has 0 aromatic heterocycles. The Hall–Kier alpha value is -1.67.